The van der Waals surface area contributed by atoms with Crippen LogP contribution >= 0.6 is 22.6 Å². The van der Waals surface area contributed by atoms with Crippen molar-refractivity contribution in [1.82, 2.24) is 0 Å². The van der Waals surface area contributed by atoms with Crippen LogP contribution in [0.1, 0.15) is 19.3 Å². The van der Waals surface area contributed by atoms with Crippen LogP contribution in [0, 0.1) is 0 Å². The maximum absolute atomic E-state index is 2.31. The van der Waals surface area contributed by atoms with E-state index in [0.717, 1.165) is 0 Å². The Morgan fingerprint density at radius 3 is 3.00 bits per heavy atom. The van der Waals surface area contributed by atoms with Gasteiger partial charge in [0.2, 0.25) is 0 Å². The molecule has 0 fully saturated rings. The summed E-state index contributed by atoms with van der Waals surface area (Å²) in [6, 6.07) is 0. The lowest BCUT2D eigenvalue weighted by Crippen LogP contribution is -1.64. The fourth-order valence-corrected chi connectivity index (χ4v) is 1.39. The summed E-state index contributed by atoms with van der Waals surface area (Å²) in [6.07, 6.45) is 8.44. The van der Waals surface area contributed by atoms with Gasteiger partial charge in [0.1, 0.15) is 0 Å². The van der Waals surface area contributed by atoms with Crippen molar-refractivity contribution < 1.29 is 0 Å². The summed E-state index contributed by atoms with van der Waals surface area (Å²) in [5.74, 6) is 0. The summed E-state index contributed by atoms with van der Waals surface area (Å²) < 4.78 is 2.08. The molecule has 0 unspecified atom stereocenters. The highest BCUT2D eigenvalue weighted by molar-refractivity contribution is 14.1. The minimum atomic E-state index is 1.29. The van der Waals surface area contributed by atoms with Gasteiger partial charge in [-0.2, -0.15) is 0 Å². The van der Waals surface area contributed by atoms with E-state index in [9.17, 15) is 0 Å². The molecule has 0 aromatic carbocycles. The number of allylic oxidation sites excluding steroid dienone is 3. The molecule has 8 heavy (non-hydrogen) atoms. The third kappa shape index (κ3) is 1.62. The Balaban J connectivity index is 2.45. The van der Waals surface area contributed by atoms with E-state index in [1.807, 2.05) is 0 Å². The summed E-state index contributed by atoms with van der Waals surface area (Å²) in [6.45, 7) is 0. The minimum Gasteiger partial charge on any atom is -0.0813 e. The van der Waals surface area contributed by atoms with Gasteiger partial charge in [-0.3, -0.25) is 0 Å². The van der Waals surface area contributed by atoms with Crippen LogP contribution in [0.2, 0.25) is 0 Å². The zero-order valence-electron chi connectivity index (χ0n) is 4.73. The molecular formula is C7H9I. The van der Waals surface area contributed by atoms with Crippen LogP contribution in [-0.4, -0.2) is 0 Å². The summed E-state index contributed by atoms with van der Waals surface area (Å²) in [5, 5.41) is 0. The van der Waals surface area contributed by atoms with E-state index in [1.165, 1.54) is 24.8 Å². The van der Waals surface area contributed by atoms with Gasteiger partial charge in [-0.1, -0.05) is 40.3 Å². The quantitative estimate of drug-likeness (QED) is 0.595. The molecule has 0 bridgehead atoms. The van der Waals surface area contributed by atoms with Crippen molar-refractivity contribution in [2.75, 3.05) is 0 Å². The highest BCUT2D eigenvalue weighted by Crippen LogP contribution is 2.18. The molecule has 0 saturated heterocycles. The predicted octanol–water partition coefficient (Wildman–Crippen LogP) is 3.05. The molecule has 0 aromatic heterocycles. The minimum absolute atomic E-state index is 1.29. The Labute approximate surface area is 63.8 Å². The first-order valence-electron chi connectivity index (χ1n) is 2.89. The van der Waals surface area contributed by atoms with Gasteiger partial charge in [-0.05, 0) is 23.3 Å². The van der Waals surface area contributed by atoms with Crippen LogP contribution in [0.3, 0.4) is 0 Å². The van der Waals surface area contributed by atoms with Crippen LogP contribution in [-0.2, 0) is 0 Å². The Hall–Kier alpha value is 0.210. The summed E-state index contributed by atoms with van der Waals surface area (Å²) >= 11 is 2.26. The maximum Gasteiger partial charge on any atom is -0.0231 e. The second kappa shape index (κ2) is 3.28. The maximum atomic E-state index is 2.31. The molecule has 0 atom stereocenters. The smallest absolute Gasteiger partial charge is 0.0231 e. The molecule has 0 radical (unpaired) electrons. The van der Waals surface area contributed by atoms with Crippen molar-refractivity contribution in [2.45, 2.75) is 19.3 Å². The molecule has 0 saturated carbocycles. The molecule has 0 aromatic rings. The van der Waals surface area contributed by atoms with Crippen molar-refractivity contribution in [3.8, 4) is 0 Å². The molecule has 0 aliphatic heterocycles. The van der Waals surface area contributed by atoms with Crippen LogP contribution in [0.25, 0.3) is 0 Å². The van der Waals surface area contributed by atoms with Gasteiger partial charge in [0.25, 0.3) is 0 Å². The number of halogens is 1. The highest BCUT2D eigenvalue weighted by atomic mass is 127. The van der Waals surface area contributed by atoms with Gasteiger partial charge in [0.05, 0.1) is 0 Å². The van der Waals surface area contributed by atoms with Crippen LogP contribution in [0.15, 0.2) is 21.8 Å². The third-order valence-corrected chi connectivity index (χ3v) is 1.71. The van der Waals surface area contributed by atoms with Crippen molar-refractivity contribution >= 4 is 22.6 Å². The van der Waals surface area contributed by atoms with Crippen molar-refractivity contribution in [2.24, 2.45) is 0 Å². The summed E-state index contributed by atoms with van der Waals surface area (Å²) in [4.78, 5) is 0. The molecule has 0 spiro atoms. The van der Waals surface area contributed by atoms with Gasteiger partial charge >= 0.3 is 0 Å². The SMILES string of the molecule is I/C=C/C1=CCCC1. The van der Waals surface area contributed by atoms with E-state index in [0.29, 0.717) is 0 Å². The molecule has 1 aliphatic rings. The second-order valence-corrected chi connectivity index (χ2v) is 2.68. The van der Waals surface area contributed by atoms with Crippen molar-refractivity contribution in [1.29, 1.82) is 0 Å². The number of hydrogen-bond donors (Lipinski definition) is 0. The van der Waals surface area contributed by atoms with E-state index in [-0.39, 0.29) is 0 Å². The second-order valence-electron chi connectivity index (χ2n) is 1.96. The van der Waals surface area contributed by atoms with Gasteiger partial charge < -0.3 is 0 Å². The fraction of sp³-hybridized carbons (Fsp3) is 0.429. The van der Waals surface area contributed by atoms with E-state index in [4.69, 9.17) is 0 Å². The zero-order chi connectivity index (χ0) is 5.82. The van der Waals surface area contributed by atoms with Gasteiger partial charge in [-0.25, -0.2) is 0 Å². The molecule has 1 aliphatic carbocycles. The average molecular weight is 220 g/mol. The summed E-state index contributed by atoms with van der Waals surface area (Å²) in [7, 11) is 0. The first-order valence-corrected chi connectivity index (χ1v) is 4.14. The largest absolute Gasteiger partial charge is 0.0813 e. The lowest BCUT2D eigenvalue weighted by atomic mass is 10.2. The van der Waals surface area contributed by atoms with E-state index < -0.39 is 0 Å². The van der Waals surface area contributed by atoms with E-state index in [1.54, 1.807) is 0 Å². The molecule has 0 heterocycles. The lowest BCUT2D eigenvalue weighted by Gasteiger charge is -1.84. The average Bonchev–Trinajstić information content (AvgIpc) is 2.19. The van der Waals surface area contributed by atoms with Crippen molar-refractivity contribution in [3.63, 3.8) is 0 Å². The molecule has 0 nitrogen and oxygen atoms in total. The monoisotopic (exact) mass is 220 g/mol. The highest BCUT2D eigenvalue weighted by Gasteiger charge is 1.98. The molecule has 1 rings (SSSR count). The van der Waals surface area contributed by atoms with Crippen LogP contribution in [0.4, 0.5) is 0 Å². The molecular weight excluding hydrogens is 211 g/mol. The third-order valence-electron chi connectivity index (χ3n) is 1.35. The summed E-state index contributed by atoms with van der Waals surface area (Å²) in [5.41, 5.74) is 1.51. The van der Waals surface area contributed by atoms with E-state index >= 15 is 0 Å². The predicted molar refractivity (Wildman–Crippen MR) is 45.1 cm³/mol. The fourth-order valence-electron chi connectivity index (χ4n) is 0.928. The number of hydrogen-bond acceptors (Lipinski definition) is 0. The van der Waals surface area contributed by atoms with Gasteiger partial charge in [-0.15, -0.1) is 0 Å². The molecule has 0 amide bonds. The van der Waals surface area contributed by atoms with Gasteiger partial charge in [0, 0.05) is 0 Å². The Kier molecular flexibility index (Phi) is 2.59. The Bertz CT molecular complexity index is 122. The Morgan fingerprint density at radius 1 is 1.62 bits per heavy atom. The lowest BCUT2D eigenvalue weighted by molar-refractivity contribution is 0.916. The van der Waals surface area contributed by atoms with Crippen LogP contribution in [0.5, 0.6) is 0 Å². The normalized spacial score (nSPS) is 19.9. The standard InChI is InChI=1S/C7H9I/c8-6-5-7-3-1-2-4-7/h3,5-6H,1-2,4H2/b6-5+. The van der Waals surface area contributed by atoms with Gasteiger partial charge in [0.15, 0.2) is 0 Å². The van der Waals surface area contributed by atoms with Crippen LogP contribution < -0.4 is 0 Å². The van der Waals surface area contributed by atoms with E-state index in [2.05, 4.69) is 38.8 Å². The zero-order valence-corrected chi connectivity index (χ0v) is 6.89. The molecule has 1 heteroatoms. The molecule has 0 N–H and O–H groups in total. The van der Waals surface area contributed by atoms with Crippen molar-refractivity contribution in [3.05, 3.63) is 21.8 Å². The first kappa shape index (κ1) is 6.33. The number of rotatable bonds is 1. The molecule has 44 valence electrons. The Morgan fingerprint density at radius 2 is 2.50 bits per heavy atom. The first-order chi connectivity index (χ1) is 3.93. The topological polar surface area (TPSA) is 0 Å².